The molecule has 0 spiro atoms. The van der Waals surface area contributed by atoms with Crippen molar-refractivity contribution in [2.45, 2.75) is 26.7 Å². The Labute approximate surface area is 184 Å². The Hall–Kier alpha value is -2.77. The van der Waals surface area contributed by atoms with Crippen molar-refractivity contribution in [3.05, 3.63) is 75.6 Å². The van der Waals surface area contributed by atoms with E-state index in [9.17, 15) is 18.7 Å². The Morgan fingerprint density at radius 2 is 2.06 bits per heavy atom. The predicted octanol–water partition coefficient (Wildman–Crippen LogP) is 4.66. The Morgan fingerprint density at radius 1 is 1.29 bits per heavy atom. The number of pyridine rings is 1. The monoisotopic (exact) mass is 448 g/mol. The van der Waals surface area contributed by atoms with Crippen LogP contribution in [0, 0.1) is 11.8 Å². The van der Waals surface area contributed by atoms with E-state index >= 15 is 0 Å². The van der Waals surface area contributed by atoms with Gasteiger partial charge in [-0.15, -0.1) is 0 Å². The van der Waals surface area contributed by atoms with E-state index in [-0.39, 0.29) is 53.7 Å². The topological polar surface area (TPSA) is 62.7 Å². The van der Waals surface area contributed by atoms with Gasteiger partial charge in [-0.3, -0.25) is 0 Å². The van der Waals surface area contributed by atoms with Gasteiger partial charge in [0.1, 0.15) is 11.6 Å². The number of hydrogen-bond donors (Lipinski definition) is 1. The van der Waals surface area contributed by atoms with Crippen LogP contribution in [0.2, 0.25) is 5.02 Å². The van der Waals surface area contributed by atoms with E-state index in [1.165, 1.54) is 23.2 Å². The van der Waals surface area contributed by atoms with Gasteiger partial charge in [-0.1, -0.05) is 36.7 Å². The SMILES string of the molecule is CC/C=C1/C(C(=O)OCC)=CN(CCO)c2nc(F)c(Cc3cccc(Cl)c3F)cc21. The van der Waals surface area contributed by atoms with Crippen LogP contribution < -0.4 is 4.90 Å². The molecule has 0 aliphatic carbocycles. The summed E-state index contributed by atoms with van der Waals surface area (Å²) >= 11 is 5.85. The normalized spacial score (nSPS) is 14.5. The molecule has 1 aromatic heterocycles. The molecule has 0 saturated carbocycles. The summed E-state index contributed by atoms with van der Waals surface area (Å²) < 4.78 is 34.5. The molecule has 164 valence electrons. The van der Waals surface area contributed by atoms with Crippen LogP contribution >= 0.6 is 11.6 Å². The number of ether oxygens (including phenoxy) is 1. The lowest BCUT2D eigenvalue weighted by Gasteiger charge is -2.29. The minimum atomic E-state index is -0.759. The number of fused-ring (bicyclic) bond motifs is 1. The third-order valence-electron chi connectivity index (χ3n) is 4.82. The van der Waals surface area contributed by atoms with Gasteiger partial charge in [0.2, 0.25) is 5.95 Å². The molecule has 0 bridgehead atoms. The molecule has 8 heteroatoms. The number of hydrogen-bond acceptors (Lipinski definition) is 5. The second-order valence-electron chi connectivity index (χ2n) is 6.91. The van der Waals surface area contributed by atoms with Crippen molar-refractivity contribution in [2.75, 3.05) is 24.7 Å². The number of esters is 1. The number of nitrogens with zero attached hydrogens (tertiary/aromatic N) is 2. The van der Waals surface area contributed by atoms with Crippen molar-refractivity contribution in [1.29, 1.82) is 0 Å². The molecule has 0 unspecified atom stereocenters. The molecule has 0 atom stereocenters. The highest BCUT2D eigenvalue weighted by molar-refractivity contribution is 6.30. The van der Waals surface area contributed by atoms with Crippen LogP contribution in [-0.4, -0.2) is 35.8 Å². The molecule has 2 aromatic rings. The number of allylic oxidation sites excluding steroid dienone is 1. The summed E-state index contributed by atoms with van der Waals surface area (Å²) in [5.41, 5.74) is 1.76. The Balaban J connectivity index is 2.14. The zero-order valence-corrected chi connectivity index (χ0v) is 18.0. The number of aromatic nitrogens is 1. The minimum absolute atomic E-state index is 0.0444. The average Bonchev–Trinajstić information content (AvgIpc) is 2.74. The molecule has 1 aliphatic heterocycles. The fourth-order valence-corrected chi connectivity index (χ4v) is 3.65. The van der Waals surface area contributed by atoms with Gasteiger partial charge >= 0.3 is 5.97 Å². The molecule has 0 amide bonds. The fourth-order valence-electron chi connectivity index (χ4n) is 3.46. The standard InChI is InChI=1S/C23H23ClF2N2O3/c1-3-6-16-17-12-15(11-14-7-5-8-19(24)20(14)25)21(26)27-22(17)28(9-10-29)13-18(16)23(30)31-4-2/h5-8,12-13,29H,3-4,9-11H2,1-2H3/b16-6+. The van der Waals surface area contributed by atoms with Crippen LogP contribution in [0.5, 0.6) is 0 Å². The number of carbonyl (C=O) groups excluding carboxylic acids is 1. The molecule has 1 N–H and O–H groups in total. The maximum absolute atomic E-state index is 14.9. The first-order valence-corrected chi connectivity index (χ1v) is 10.4. The van der Waals surface area contributed by atoms with Crippen molar-refractivity contribution in [3.8, 4) is 0 Å². The number of halogens is 3. The molecular weight excluding hydrogens is 426 g/mol. The lowest BCUT2D eigenvalue weighted by atomic mass is 9.92. The highest BCUT2D eigenvalue weighted by Crippen LogP contribution is 2.38. The van der Waals surface area contributed by atoms with Gasteiger partial charge in [0, 0.05) is 30.3 Å². The minimum Gasteiger partial charge on any atom is -0.462 e. The lowest BCUT2D eigenvalue weighted by molar-refractivity contribution is -0.138. The summed E-state index contributed by atoms with van der Waals surface area (Å²) in [6.07, 6.45) is 3.90. The highest BCUT2D eigenvalue weighted by Gasteiger charge is 2.29. The van der Waals surface area contributed by atoms with Crippen LogP contribution in [0.15, 0.2) is 42.1 Å². The number of benzene rings is 1. The van der Waals surface area contributed by atoms with Crippen molar-refractivity contribution in [3.63, 3.8) is 0 Å². The molecule has 31 heavy (non-hydrogen) atoms. The summed E-state index contributed by atoms with van der Waals surface area (Å²) in [7, 11) is 0. The fraction of sp³-hybridized carbons (Fsp3) is 0.304. The number of rotatable bonds is 7. The summed E-state index contributed by atoms with van der Waals surface area (Å²) in [6.45, 7) is 3.71. The zero-order chi connectivity index (χ0) is 22.5. The van der Waals surface area contributed by atoms with Crippen LogP contribution in [0.3, 0.4) is 0 Å². The zero-order valence-electron chi connectivity index (χ0n) is 17.3. The molecule has 0 saturated heterocycles. The van der Waals surface area contributed by atoms with Crippen LogP contribution in [0.25, 0.3) is 5.57 Å². The van der Waals surface area contributed by atoms with E-state index in [2.05, 4.69) is 4.98 Å². The maximum Gasteiger partial charge on any atom is 0.340 e. The van der Waals surface area contributed by atoms with Crippen molar-refractivity contribution >= 4 is 29.0 Å². The molecule has 0 fully saturated rings. The van der Waals surface area contributed by atoms with Gasteiger partial charge in [0.25, 0.3) is 0 Å². The highest BCUT2D eigenvalue weighted by atomic mass is 35.5. The Bertz CT molecular complexity index is 1050. The van der Waals surface area contributed by atoms with Gasteiger partial charge in [0.15, 0.2) is 0 Å². The molecule has 1 aliphatic rings. The van der Waals surface area contributed by atoms with Gasteiger partial charge in [-0.2, -0.15) is 4.39 Å². The van der Waals surface area contributed by atoms with E-state index < -0.39 is 17.7 Å². The lowest BCUT2D eigenvalue weighted by Crippen LogP contribution is -2.29. The number of aliphatic hydroxyl groups excluding tert-OH is 1. The summed E-state index contributed by atoms with van der Waals surface area (Å²) in [4.78, 5) is 18.2. The van der Waals surface area contributed by atoms with Gasteiger partial charge in [-0.05, 0) is 36.6 Å². The quantitative estimate of drug-likeness (QED) is 0.493. The van der Waals surface area contributed by atoms with E-state index in [1.54, 1.807) is 19.1 Å². The maximum atomic E-state index is 14.9. The molecular formula is C23H23ClF2N2O3. The molecule has 3 rings (SSSR count). The van der Waals surface area contributed by atoms with E-state index in [1.807, 2.05) is 13.0 Å². The first-order valence-electron chi connectivity index (χ1n) is 10.0. The second kappa shape index (κ2) is 10.0. The van der Waals surface area contributed by atoms with Crippen LogP contribution in [-0.2, 0) is 16.0 Å². The number of aliphatic hydroxyl groups is 1. The van der Waals surface area contributed by atoms with Crippen LogP contribution in [0.4, 0.5) is 14.6 Å². The van der Waals surface area contributed by atoms with Gasteiger partial charge < -0.3 is 14.7 Å². The van der Waals surface area contributed by atoms with Gasteiger partial charge in [0.05, 0.1) is 23.8 Å². The van der Waals surface area contributed by atoms with Crippen molar-refractivity contribution in [2.24, 2.45) is 0 Å². The first-order chi connectivity index (χ1) is 14.9. The third kappa shape index (κ3) is 4.78. The number of carbonyl (C=O) groups is 1. The smallest absolute Gasteiger partial charge is 0.340 e. The average molecular weight is 449 g/mol. The second-order valence-corrected chi connectivity index (χ2v) is 7.31. The summed E-state index contributed by atoms with van der Waals surface area (Å²) in [6, 6.07) is 6.12. The molecule has 5 nitrogen and oxygen atoms in total. The van der Waals surface area contributed by atoms with E-state index in [4.69, 9.17) is 16.3 Å². The van der Waals surface area contributed by atoms with E-state index in [0.29, 0.717) is 17.6 Å². The molecule has 1 aromatic carbocycles. The van der Waals surface area contributed by atoms with Crippen molar-refractivity contribution < 1.29 is 23.4 Å². The van der Waals surface area contributed by atoms with E-state index in [0.717, 1.165) is 0 Å². The molecule has 0 radical (unpaired) electrons. The van der Waals surface area contributed by atoms with Crippen LogP contribution in [0.1, 0.15) is 37.0 Å². The van der Waals surface area contributed by atoms with Gasteiger partial charge in [-0.25, -0.2) is 14.2 Å². The largest absolute Gasteiger partial charge is 0.462 e. The Morgan fingerprint density at radius 3 is 2.74 bits per heavy atom. The Kier molecular flexibility index (Phi) is 7.41. The number of β-amino-alcohol motifs (C(OH)–C–C–N with tert-alkyl or cyclic N) is 1. The number of anilines is 1. The summed E-state index contributed by atoms with van der Waals surface area (Å²) in [5, 5.41) is 9.40. The third-order valence-corrected chi connectivity index (χ3v) is 5.11. The first kappa shape index (κ1) is 22.9. The summed E-state index contributed by atoms with van der Waals surface area (Å²) in [5.74, 6) is -1.62. The predicted molar refractivity (Wildman–Crippen MR) is 116 cm³/mol. The molecule has 2 heterocycles. The van der Waals surface area contributed by atoms with Crippen molar-refractivity contribution in [1.82, 2.24) is 4.98 Å².